The highest BCUT2D eigenvalue weighted by Crippen LogP contribution is 2.15. The van der Waals surface area contributed by atoms with E-state index < -0.39 is 17.4 Å². The van der Waals surface area contributed by atoms with E-state index in [2.05, 4.69) is 31.1 Å². The van der Waals surface area contributed by atoms with Gasteiger partial charge < -0.3 is 15.8 Å². The molecular weight excluding hydrogens is 320 g/mol. The van der Waals surface area contributed by atoms with E-state index in [1.54, 1.807) is 0 Å². The molecule has 0 radical (unpaired) electrons. The summed E-state index contributed by atoms with van der Waals surface area (Å²) in [6.07, 6.45) is 1.51. The van der Waals surface area contributed by atoms with E-state index >= 15 is 0 Å². The van der Waals surface area contributed by atoms with Gasteiger partial charge in [0.15, 0.2) is 0 Å². The van der Waals surface area contributed by atoms with Crippen molar-refractivity contribution in [2.45, 2.75) is 13.0 Å². The van der Waals surface area contributed by atoms with Crippen LogP contribution in [0.3, 0.4) is 0 Å². The number of nitrogens with two attached hydrogens (primary N) is 1. The number of primary amides is 1. The van der Waals surface area contributed by atoms with Crippen molar-refractivity contribution in [3.8, 4) is 0 Å². The smallest absolute Gasteiger partial charge is 0.327 e. The molecule has 0 unspecified atom stereocenters. The monoisotopic (exact) mass is 332 g/mol. The van der Waals surface area contributed by atoms with Crippen LogP contribution in [0.15, 0.2) is 15.5 Å². The first-order chi connectivity index (χ1) is 8.95. The molecule has 0 fully saturated rings. The summed E-state index contributed by atoms with van der Waals surface area (Å²) in [5.41, 5.74) is 4.94. The Hall–Kier alpha value is -1.90. The molecule has 0 aliphatic heterocycles. The lowest BCUT2D eigenvalue weighted by molar-refractivity contribution is -0.141. The Bertz CT molecular complexity index is 543. The van der Waals surface area contributed by atoms with Crippen LogP contribution in [0, 0.1) is 0 Å². The Labute approximate surface area is 117 Å². The van der Waals surface area contributed by atoms with Gasteiger partial charge in [-0.2, -0.15) is 5.10 Å². The summed E-state index contributed by atoms with van der Waals surface area (Å²) >= 11 is 3.11. The highest BCUT2D eigenvalue weighted by Gasteiger charge is 2.11. The number of hydrogen-bond donors (Lipinski definition) is 2. The second-order valence-corrected chi connectivity index (χ2v) is 4.35. The Morgan fingerprint density at radius 2 is 2.26 bits per heavy atom. The largest absolute Gasteiger partial charge is 0.468 e. The summed E-state index contributed by atoms with van der Waals surface area (Å²) in [6, 6.07) is 0. The molecule has 0 aliphatic rings. The van der Waals surface area contributed by atoms with Crippen molar-refractivity contribution in [2.24, 2.45) is 5.73 Å². The number of esters is 1. The number of methoxy groups -OCH3 is 1. The molecular formula is C10H13BrN4O4. The SMILES string of the molecule is COC(=O)Cn1ncc(NCCC(N)=O)c(Br)c1=O. The zero-order valence-corrected chi connectivity index (χ0v) is 11.8. The number of nitrogens with zero attached hydrogens (tertiary/aromatic N) is 2. The van der Waals surface area contributed by atoms with Crippen molar-refractivity contribution < 1.29 is 14.3 Å². The van der Waals surface area contributed by atoms with Crippen molar-refractivity contribution in [3.63, 3.8) is 0 Å². The first-order valence-electron chi connectivity index (χ1n) is 5.30. The third kappa shape index (κ3) is 4.36. The number of hydrogen-bond acceptors (Lipinski definition) is 6. The van der Waals surface area contributed by atoms with E-state index in [0.29, 0.717) is 5.69 Å². The van der Waals surface area contributed by atoms with Crippen LogP contribution in [0.25, 0.3) is 0 Å². The fraction of sp³-hybridized carbons (Fsp3) is 0.400. The second kappa shape index (κ2) is 6.88. The van der Waals surface area contributed by atoms with Gasteiger partial charge in [0.1, 0.15) is 11.0 Å². The number of aromatic nitrogens is 2. The van der Waals surface area contributed by atoms with Crippen LogP contribution in [-0.2, 0) is 20.9 Å². The maximum Gasteiger partial charge on any atom is 0.327 e. The molecule has 0 bridgehead atoms. The second-order valence-electron chi connectivity index (χ2n) is 3.55. The van der Waals surface area contributed by atoms with Crippen molar-refractivity contribution in [1.29, 1.82) is 0 Å². The summed E-state index contributed by atoms with van der Waals surface area (Å²) in [5.74, 6) is -1.02. The zero-order valence-electron chi connectivity index (χ0n) is 10.2. The Kier molecular flexibility index (Phi) is 5.49. The first kappa shape index (κ1) is 15.2. The number of anilines is 1. The van der Waals surface area contributed by atoms with Crippen LogP contribution >= 0.6 is 15.9 Å². The zero-order chi connectivity index (χ0) is 14.4. The highest BCUT2D eigenvalue weighted by atomic mass is 79.9. The van der Waals surface area contributed by atoms with E-state index in [9.17, 15) is 14.4 Å². The fourth-order valence-corrected chi connectivity index (χ4v) is 1.66. The number of amides is 1. The Morgan fingerprint density at radius 1 is 1.58 bits per heavy atom. The number of halogens is 1. The molecule has 104 valence electrons. The summed E-state index contributed by atoms with van der Waals surface area (Å²) in [7, 11) is 1.22. The maximum atomic E-state index is 11.9. The molecule has 0 saturated carbocycles. The minimum absolute atomic E-state index is 0.137. The van der Waals surface area contributed by atoms with Gasteiger partial charge in [-0.05, 0) is 15.9 Å². The number of ether oxygens (including phenoxy) is 1. The van der Waals surface area contributed by atoms with Crippen LogP contribution in [0.5, 0.6) is 0 Å². The van der Waals surface area contributed by atoms with Crippen molar-refractivity contribution >= 4 is 33.5 Å². The molecule has 0 saturated heterocycles. The summed E-state index contributed by atoms with van der Waals surface area (Å²) in [6.45, 7) is 0.0194. The quantitative estimate of drug-likeness (QED) is 0.676. The van der Waals surface area contributed by atoms with Crippen molar-refractivity contribution in [2.75, 3.05) is 19.0 Å². The predicted octanol–water partition coefficient (Wildman–Crippen LogP) is -0.534. The van der Waals surface area contributed by atoms with E-state index in [1.807, 2.05) is 0 Å². The molecule has 0 spiro atoms. The van der Waals surface area contributed by atoms with Crippen LogP contribution in [0.1, 0.15) is 6.42 Å². The third-order valence-corrected chi connectivity index (χ3v) is 2.94. The van der Waals surface area contributed by atoms with Gasteiger partial charge in [-0.3, -0.25) is 14.4 Å². The van der Waals surface area contributed by atoms with Gasteiger partial charge in [-0.15, -0.1) is 0 Å². The number of carbonyl (C=O) groups excluding carboxylic acids is 2. The lowest BCUT2D eigenvalue weighted by Gasteiger charge is -2.09. The van der Waals surface area contributed by atoms with Crippen LogP contribution in [0.4, 0.5) is 5.69 Å². The molecule has 1 amide bonds. The highest BCUT2D eigenvalue weighted by molar-refractivity contribution is 9.10. The van der Waals surface area contributed by atoms with Crippen molar-refractivity contribution in [3.05, 3.63) is 21.0 Å². The Balaban J connectivity index is 2.82. The van der Waals surface area contributed by atoms with Gasteiger partial charge in [0.25, 0.3) is 5.56 Å². The van der Waals surface area contributed by atoms with Crippen LogP contribution in [-0.4, -0.2) is 35.3 Å². The minimum Gasteiger partial charge on any atom is -0.468 e. The van der Waals surface area contributed by atoms with Gasteiger partial charge in [0.2, 0.25) is 5.91 Å². The Morgan fingerprint density at radius 3 is 2.84 bits per heavy atom. The van der Waals surface area contributed by atoms with Gasteiger partial charge in [0.05, 0.1) is 19.0 Å². The van der Waals surface area contributed by atoms with Crippen LogP contribution in [0.2, 0.25) is 0 Å². The van der Waals surface area contributed by atoms with Crippen LogP contribution < -0.4 is 16.6 Å². The molecule has 1 rings (SSSR count). The van der Waals surface area contributed by atoms with E-state index in [0.717, 1.165) is 4.68 Å². The summed E-state index contributed by atoms with van der Waals surface area (Å²) < 4.78 is 5.64. The minimum atomic E-state index is -0.573. The summed E-state index contributed by atoms with van der Waals surface area (Å²) in [4.78, 5) is 33.5. The predicted molar refractivity (Wildman–Crippen MR) is 70.5 cm³/mol. The number of rotatable bonds is 6. The van der Waals surface area contributed by atoms with E-state index in [4.69, 9.17) is 5.73 Å². The van der Waals surface area contributed by atoms with Gasteiger partial charge in [-0.1, -0.05) is 0 Å². The average Bonchev–Trinajstić information content (AvgIpc) is 2.37. The normalized spacial score (nSPS) is 10.0. The van der Waals surface area contributed by atoms with Crippen molar-refractivity contribution in [1.82, 2.24) is 9.78 Å². The lowest BCUT2D eigenvalue weighted by Crippen LogP contribution is -2.28. The lowest BCUT2D eigenvalue weighted by atomic mass is 10.4. The first-order valence-corrected chi connectivity index (χ1v) is 6.09. The standard InChI is InChI=1S/C10H13BrN4O4/c1-19-8(17)5-15-10(18)9(11)6(4-14-15)13-3-2-7(12)16/h4,13H,2-3,5H2,1H3,(H2,12,16). The number of nitrogens with one attached hydrogen (secondary N) is 1. The molecule has 0 aromatic carbocycles. The molecule has 0 atom stereocenters. The molecule has 19 heavy (non-hydrogen) atoms. The number of carbonyl (C=O) groups is 2. The fourth-order valence-electron chi connectivity index (χ4n) is 1.21. The maximum absolute atomic E-state index is 11.9. The van der Waals surface area contributed by atoms with Gasteiger partial charge in [-0.25, -0.2) is 4.68 Å². The van der Waals surface area contributed by atoms with E-state index in [-0.39, 0.29) is 24.0 Å². The average molecular weight is 333 g/mol. The molecule has 0 aliphatic carbocycles. The summed E-state index contributed by atoms with van der Waals surface area (Å²) in [5, 5.41) is 6.66. The third-order valence-electron chi connectivity index (χ3n) is 2.18. The van der Waals surface area contributed by atoms with Gasteiger partial charge >= 0.3 is 5.97 Å². The molecule has 1 aromatic rings. The van der Waals surface area contributed by atoms with E-state index in [1.165, 1.54) is 13.3 Å². The molecule has 8 nitrogen and oxygen atoms in total. The molecule has 1 aromatic heterocycles. The molecule has 9 heteroatoms. The molecule has 3 N–H and O–H groups in total. The molecule has 1 heterocycles. The van der Waals surface area contributed by atoms with Gasteiger partial charge in [0, 0.05) is 13.0 Å². The topological polar surface area (TPSA) is 116 Å².